The largest absolute Gasteiger partial charge is 0.453 e. The van der Waals surface area contributed by atoms with Gasteiger partial charge in [0.05, 0.1) is 4.47 Å². The molecule has 20 heavy (non-hydrogen) atoms. The first-order valence-electron chi connectivity index (χ1n) is 5.41. The Morgan fingerprint density at radius 2 is 1.85 bits per heavy atom. The Morgan fingerprint density at radius 3 is 2.45 bits per heavy atom. The lowest BCUT2D eigenvalue weighted by atomic mass is 10.2. The summed E-state index contributed by atoms with van der Waals surface area (Å²) in [5.74, 6) is 0.0185. The SMILES string of the molecule is N/C(=N/O)c1ccc(Oc2ccc(Br)cc2F)c(Br)c1. The van der Waals surface area contributed by atoms with Gasteiger partial charge in [0.1, 0.15) is 5.75 Å². The van der Waals surface area contributed by atoms with Crippen molar-refractivity contribution in [1.82, 2.24) is 0 Å². The van der Waals surface area contributed by atoms with E-state index in [1.54, 1.807) is 24.3 Å². The summed E-state index contributed by atoms with van der Waals surface area (Å²) in [4.78, 5) is 0. The van der Waals surface area contributed by atoms with Crippen molar-refractivity contribution in [2.45, 2.75) is 0 Å². The summed E-state index contributed by atoms with van der Waals surface area (Å²) in [6.07, 6.45) is 0. The van der Waals surface area contributed by atoms with Gasteiger partial charge in [-0.25, -0.2) is 4.39 Å². The third-order valence-corrected chi connectivity index (χ3v) is 3.56. The first-order chi connectivity index (χ1) is 9.51. The van der Waals surface area contributed by atoms with Crippen LogP contribution in [0.5, 0.6) is 11.5 Å². The molecule has 0 unspecified atom stereocenters. The molecule has 0 heterocycles. The highest BCUT2D eigenvalue weighted by Crippen LogP contribution is 2.32. The monoisotopic (exact) mass is 402 g/mol. The molecule has 0 saturated carbocycles. The van der Waals surface area contributed by atoms with Crippen molar-refractivity contribution in [1.29, 1.82) is 0 Å². The van der Waals surface area contributed by atoms with E-state index in [2.05, 4.69) is 37.0 Å². The minimum absolute atomic E-state index is 0.0212. The molecule has 0 aliphatic carbocycles. The first kappa shape index (κ1) is 14.8. The topological polar surface area (TPSA) is 67.8 Å². The highest BCUT2D eigenvalue weighted by molar-refractivity contribution is 9.10. The Bertz CT molecular complexity index is 677. The van der Waals surface area contributed by atoms with Crippen LogP contribution in [0.25, 0.3) is 0 Å². The highest BCUT2D eigenvalue weighted by Gasteiger charge is 2.10. The molecular formula is C13H9Br2FN2O2. The fourth-order valence-corrected chi connectivity index (χ4v) is 2.27. The molecule has 2 aromatic carbocycles. The number of ether oxygens (including phenoxy) is 1. The highest BCUT2D eigenvalue weighted by atomic mass is 79.9. The molecule has 0 bridgehead atoms. The van der Waals surface area contributed by atoms with Gasteiger partial charge in [0, 0.05) is 10.0 Å². The zero-order valence-corrected chi connectivity index (χ0v) is 13.2. The molecule has 2 aromatic rings. The third kappa shape index (κ3) is 3.29. The molecule has 0 saturated heterocycles. The van der Waals surface area contributed by atoms with Crippen LogP contribution >= 0.6 is 31.9 Å². The number of hydrogen-bond donors (Lipinski definition) is 2. The predicted octanol–water partition coefficient (Wildman–Crippen LogP) is 4.24. The number of nitrogens with zero attached hydrogens (tertiary/aromatic N) is 1. The van der Waals surface area contributed by atoms with Gasteiger partial charge in [-0.2, -0.15) is 0 Å². The average molecular weight is 404 g/mol. The molecule has 7 heteroatoms. The van der Waals surface area contributed by atoms with E-state index in [1.807, 2.05) is 0 Å². The van der Waals surface area contributed by atoms with E-state index in [0.717, 1.165) is 0 Å². The van der Waals surface area contributed by atoms with E-state index < -0.39 is 5.82 Å². The van der Waals surface area contributed by atoms with E-state index in [4.69, 9.17) is 15.7 Å². The average Bonchev–Trinajstić information content (AvgIpc) is 2.42. The van der Waals surface area contributed by atoms with Gasteiger partial charge in [-0.3, -0.25) is 0 Å². The Kier molecular flexibility index (Phi) is 4.61. The second-order valence-corrected chi connectivity index (χ2v) is 5.58. The third-order valence-electron chi connectivity index (χ3n) is 2.45. The predicted molar refractivity (Wildman–Crippen MR) is 80.8 cm³/mol. The zero-order chi connectivity index (χ0) is 14.7. The Morgan fingerprint density at radius 1 is 1.15 bits per heavy atom. The van der Waals surface area contributed by atoms with Gasteiger partial charge in [0.25, 0.3) is 0 Å². The molecule has 0 spiro atoms. The van der Waals surface area contributed by atoms with Crippen LogP contribution in [0.1, 0.15) is 5.56 Å². The number of oxime groups is 1. The summed E-state index contributed by atoms with van der Waals surface area (Å²) < 4.78 is 20.4. The van der Waals surface area contributed by atoms with Gasteiger partial charge >= 0.3 is 0 Å². The number of halogens is 3. The van der Waals surface area contributed by atoms with E-state index in [0.29, 0.717) is 20.3 Å². The van der Waals surface area contributed by atoms with Gasteiger partial charge < -0.3 is 15.7 Å². The van der Waals surface area contributed by atoms with Gasteiger partial charge in [-0.1, -0.05) is 21.1 Å². The molecule has 0 amide bonds. The molecule has 0 aromatic heterocycles. The van der Waals surface area contributed by atoms with Crippen molar-refractivity contribution in [3.8, 4) is 11.5 Å². The number of hydrogen-bond acceptors (Lipinski definition) is 3. The lowest BCUT2D eigenvalue weighted by Gasteiger charge is -2.10. The molecule has 0 atom stereocenters. The molecular weight excluding hydrogens is 395 g/mol. The number of nitrogens with two attached hydrogens (primary N) is 1. The molecule has 0 fully saturated rings. The van der Waals surface area contributed by atoms with Crippen LogP contribution in [0.3, 0.4) is 0 Å². The lowest BCUT2D eigenvalue weighted by Crippen LogP contribution is -2.12. The minimum Gasteiger partial charge on any atom is -0.453 e. The molecule has 104 valence electrons. The quantitative estimate of drug-likeness (QED) is 0.348. The van der Waals surface area contributed by atoms with Crippen molar-refractivity contribution < 1.29 is 14.3 Å². The van der Waals surface area contributed by atoms with Gasteiger partial charge in [-0.15, -0.1) is 0 Å². The van der Waals surface area contributed by atoms with Crippen molar-refractivity contribution in [2.75, 3.05) is 0 Å². The molecule has 3 N–H and O–H groups in total. The van der Waals surface area contributed by atoms with Gasteiger partial charge in [0.15, 0.2) is 17.4 Å². The van der Waals surface area contributed by atoms with Crippen LogP contribution in [0.15, 0.2) is 50.5 Å². The lowest BCUT2D eigenvalue weighted by molar-refractivity contribution is 0.318. The van der Waals surface area contributed by atoms with Gasteiger partial charge in [0.2, 0.25) is 0 Å². The summed E-state index contributed by atoms with van der Waals surface area (Å²) >= 11 is 6.47. The first-order valence-corrected chi connectivity index (χ1v) is 7.00. The summed E-state index contributed by atoms with van der Waals surface area (Å²) in [5.41, 5.74) is 6.00. The van der Waals surface area contributed by atoms with Crippen molar-refractivity contribution >= 4 is 37.7 Å². The zero-order valence-electron chi connectivity index (χ0n) is 9.98. The molecule has 2 rings (SSSR count). The normalized spacial score (nSPS) is 11.4. The number of rotatable bonds is 3. The van der Waals surface area contributed by atoms with Crippen molar-refractivity contribution in [3.63, 3.8) is 0 Å². The Hall–Kier alpha value is -1.60. The molecule has 0 aliphatic rings. The summed E-state index contributed by atoms with van der Waals surface area (Å²) in [5, 5.41) is 11.5. The maximum Gasteiger partial charge on any atom is 0.170 e. The maximum atomic E-state index is 13.7. The van der Waals surface area contributed by atoms with Crippen LogP contribution in [-0.4, -0.2) is 11.0 Å². The van der Waals surface area contributed by atoms with Gasteiger partial charge in [-0.05, 0) is 52.3 Å². The van der Waals surface area contributed by atoms with E-state index in [-0.39, 0.29) is 11.6 Å². The molecule has 4 nitrogen and oxygen atoms in total. The number of benzene rings is 2. The minimum atomic E-state index is -0.480. The van der Waals surface area contributed by atoms with E-state index in [1.165, 1.54) is 12.1 Å². The second kappa shape index (κ2) is 6.23. The van der Waals surface area contributed by atoms with Crippen molar-refractivity contribution in [2.24, 2.45) is 10.9 Å². The van der Waals surface area contributed by atoms with Crippen LogP contribution in [0.2, 0.25) is 0 Å². The maximum absolute atomic E-state index is 13.7. The van der Waals surface area contributed by atoms with E-state index >= 15 is 0 Å². The fourth-order valence-electron chi connectivity index (χ4n) is 1.48. The molecule has 0 aliphatic heterocycles. The Balaban J connectivity index is 2.30. The van der Waals surface area contributed by atoms with Crippen LogP contribution < -0.4 is 10.5 Å². The summed E-state index contributed by atoms with van der Waals surface area (Å²) in [7, 11) is 0. The standard InChI is InChI=1S/C13H9Br2FN2O2/c14-8-2-4-12(10(16)6-8)20-11-3-1-7(5-9(11)15)13(17)18-19/h1-6,19H,(H2,17,18). The van der Waals surface area contributed by atoms with Crippen molar-refractivity contribution in [3.05, 3.63) is 56.7 Å². The fraction of sp³-hybridized carbons (Fsp3) is 0. The Labute approximate surface area is 131 Å². The molecule has 0 radical (unpaired) electrons. The van der Waals surface area contributed by atoms with Crippen LogP contribution in [0, 0.1) is 5.82 Å². The summed E-state index contributed by atoms with van der Waals surface area (Å²) in [6.45, 7) is 0. The second-order valence-electron chi connectivity index (χ2n) is 3.81. The summed E-state index contributed by atoms with van der Waals surface area (Å²) in [6, 6.07) is 9.32. The van der Waals surface area contributed by atoms with Crippen LogP contribution in [-0.2, 0) is 0 Å². The smallest absolute Gasteiger partial charge is 0.170 e. The number of amidine groups is 1. The van der Waals surface area contributed by atoms with E-state index in [9.17, 15) is 4.39 Å². The van der Waals surface area contributed by atoms with Crippen LogP contribution in [0.4, 0.5) is 4.39 Å².